The van der Waals surface area contributed by atoms with Crippen molar-refractivity contribution < 1.29 is 9.32 Å². The van der Waals surface area contributed by atoms with Crippen molar-refractivity contribution in [3.05, 3.63) is 64.5 Å². The summed E-state index contributed by atoms with van der Waals surface area (Å²) in [5.74, 6) is 0.390. The molecule has 0 bridgehead atoms. The topological polar surface area (TPSA) is 61.6 Å². The standard InChI is InChI=1S/C21H24N4O2S/c1-24-9-11-25(12-10-24)18(20-8-5-13-28-20)15-22-21(26)17-14-19(27-23-17)16-6-3-2-4-7-16/h2-8,13-14,18H,9-12,15H2,1H3,(H,22,26)/t18-/m1/s1. The molecule has 0 aliphatic carbocycles. The van der Waals surface area contributed by atoms with Gasteiger partial charge in [0.25, 0.3) is 5.91 Å². The zero-order chi connectivity index (χ0) is 19.3. The third-order valence-electron chi connectivity index (χ3n) is 5.11. The Balaban J connectivity index is 1.42. The lowest BCUT2D eigenvalue weighted by Gasteiger charge is -2.37. The Morgan fingerprint density at radius 2 is 1.96 bits per heavy atom. The van der Waals surface area contributed by atoms with E-state index in [1.165, 1.54) is 4.88 Å². The van der Waals surface area contributed by atoms with Crippen molar-refractivity contribution in [3.63, 3.8) is 0 Å². The van der Waals surface area contributed by atoms with Crippen LogP contribution in [0, 0.1) is 0 Å². The summed E-state index contributed by atoms with van der Waals surface area (Å²) in [7, 11) is 2.15. The van der Waals surface area contributed by atoms with Gasteiger partial charge in [-0.15, -0.1) is 11.3 Å². The Kier molecular flexibility index (Phi) is 5.85. The van der Waals surface area contributed by atoms with Crippen LogP contribution in [0.5, 0.6) is 0 Å². The second-order valence-electron chi connectivity index (χ2n) is 7.02. The molecule has 2 aromatic heterocycles. The number of benzene rings is 1. The van der Waals surface area contributed by atoms with Gasteiger partial charge in [-0.2, -0.15) is 0 Å². The fourth-order valence-electron chi connectivity index (χ4n) is 3.42. The molecule has 28 heavy (non-hydrogen) atoms. The van der Waals surface area contributed by atoms with E-state index in [1.54, 1.807) is 17.4 Å². The molecule has 0 radical (unpaired) electrons. The van der Waals surface area contributed by atoms with E-state index in [1.807, 2.05) is 30.3 Å². The summed E-state index contributed by atoms with van der Waals surface area (Å²) in [4.78, 5) is 18.7. The molecule has 1 N–H and O–H groups in total. The molecule has 146 valence electrons. The summed E-state index contributed by atoms with van der Waals surface area (Å²) in [6.07, 6.45) is 0. The molecule has 1 aliphatic rings. The highest BCUT2D eigenvalue weighted by atomic mass is 32.1. The molecule has 0 unspecified atom stereocenters. The summed E-state index contributed by atoms with van der Waals surface area (Å²) in [6, 6.07) is 15.7. The number of rotatable bonds is 6. The molecule has 3 heterocycles. The molecular weight excluding hydrogens is 372 g/mol. The summed E-state index contributed by atoms with van der Waals surface area (Å²) < 4.78 is 5.35. The summed E-state index contributed by atoms with van der Waals surface area (Å²) in [6.45, 7) is 4.63. The molecule has 1 aliphatic heterocycles. The third kappa shape index (κ3) is 4.32. The highest BCUT2D eigenvalue weighted by molar-refractivity contribution is 7.10. The highest BCUT2D eigenvalue weighted by Gasteiger charge is 2.25. The van der Waals surface area contributed by atoms with E-state index < -0.39 is 0 Å². The molecule has 0 spiro atoms. The van der Waals surface area contributed by atoms with Crippen molar-refractivity contribution in [2.75, 3.05) is 39.8 Å². The predicted octanol–water partition coefficient (Wildman–Crippen LogP) is 3.12. The highest BCUT2D eigenvalue weighted by Crippen LogP contribution is 2.26. The maximum atomic E-state index is 12.6. The average molecular weight is 397 g/mol. The van der Waals surface area contributed by atoms with Crippen LogP contribution in [0.3, 0.4) is 0 Å². The molecule has 1 aromatic carbocycles. The zero-order valence-electron chi connectivity index (χ0n) is 15.9. The number of thiophene rings is 1. The van der Waals surface area contributed by atoms with Crippen LogP contribution < -0.4 is 5.32 Å². The van der Waals surface area contributed by atoms with E-state index in [0.717, 1.165) is 31.7 Å². The van der Waals surface area contributed by atoms with Gasteiger partial charge in [-0.3, -0.25) is 9.69 Å². The number of amides is 1. The summed E-state index contributed by atoms with van der Waals surface area (Å²) in [5.41, 5.74) is 1.21. The third-order valence-corrected chi connectivity index (χ3v) is 6.08. The smallest absolute Gasteiger partial charge is 0.273 e. The average Bonchev–Trinajstić information content (AvgIpc) is 3.42. The van der Waals surface area contributed by atoms with E-state index in [4.69, 9.17) is 4.52 Å². The minimum atomic E-state index is -0.207. The monoisotopic (exact) mass is 396 g/mol. The maximum Gasteiger partial charge on any atom is 0.273 e. The van der Waals surface area contributed by atoms with Crippen LogP contribution in [-0.4, -0.2) is 60.6 Å². The van der Waals surface area contributed by atoms with E-state index in [0.29, 0.717) is 18.0 Å². The molecule has 3 aromatic rings. The van der Waals surface area contributed by atoms with Gasteiger partial charge in [0.05, 0.1) is 6.04 Å². The quantitative estimate of drug-likeness (QED) is 0.694. The number of likely N-dealkylation sites (N-methyl/N-ethyl adjacent to an activating group) is 1. The summed E-state index contributed by atoms with van der Waals surface area (Å²) in [5, 5.41) is 9.09. The van der Waals surface area contributed by atoms with Gasteiger partial charge in [0.15, 0.2) is 11.5 Å². The lowest BCUT2D eigenvalue weighted by Crippen LogP contribution is -2.48. The fraction of sp³-hybridized carbons (Fsp3) is 0.333. The Morgan fingerprint density at radius 3 is 2.68 bits per heavy atom. The van der Waals surface area contributed by atoms with Crippen molar-refractivity contribution in [1.82, 2.24) is 20.3 Å². The number of carbonyl (C=O) groups is 1. The first-order chi connectivity index (χ1) is 13.7. The van der Waals surface area contributed by atoms with E-state index in [9.17, 15) is 4.79 Å². The van der Waals surface area contributed by atoms with E-state index >= 15 is 0 Å². The number of piperazine rings is 1. The zero-order valence-corrected chi connectivity index (χ0v) is 16.7. The molecule has 4 rings (SSSR count). The molecule has 1 atom stereocenters. The van der Waals surface area contributed by atoms with Gasteiger partial charge in [0.1, 0.15) is 0 Å². The second kappa shape index (κ2) is 8.68. The predicted molar refractivity (Wildman–Crippen MR) is 110 cm³/mol. The van der Waals surface area contributed by atoms with Crippen LogP contribution in [0.4, 0.5) is 0 Å². The molecule has 7 heteroatoms. The first-order valence-corrected chi connectivity index (χ1v) is 10.3. The number of hydrogen-bond acceptors (Lipinski definition) is 6. The van der Waals surface area contributed by atoms with Crippen molar-refractivity contribution in [2.45, 2.75) is 6.04 Å². The van der Waals surface area contributed by atoms with Crippen LogP contribution >= 0.6 is 11.3 Å². The Hall–Kier alpha value is -2.48. The van der Waals surface area contributed by atoms with E-state index in [-0.39, 0.29) is 11.9 Å². The van der Waals surface area contributed by atoms with Gasteiger partial charge >= 0.3 is 0 Å². The number of carbonyl (C=O) groups excluding carboxylic acids is 1. The van der Waals surface area contributed by atoms with Crippen LogP contribution in [0.15, 0.2) is 58.4 Å². The number of aromatic nitrogens is 1. The van der Waals surface area contributed by atoms with Crippen molar-refractivity contribution >= 4 is 17.2 Å². The Labute approximate surface area is 168 Å². The van der Waals surface area contributed by atoms with E-state index in [2.05, 4.69) is 44.8 Å². The van der Waals surface area contributed by atoms with Gasteiger partial charge < -0.3 is 14.7 Å². The SMILES string of the molecule is CN1CCN([C@H](CNC(=O)c2cc(-c3ccccc3)on2)c2cccs2)CC1. The first kappa shape index (κ1) is 18.9. The van der Waals surface area contributed by atoms with Crippen molar-refractivity contribution in [2.24, 2.45) is 0 Å². The van der Waals surface area contributed by atoms with Crippen LogP contribution in [-0.2, 0) is 0 Å². The Morgan fingerprint density at radius 1 is 1.18 bits per heavy atom. The van der Waals surface area contributed by atoms with Gasteiger partial charge in [-0.1, -0.05) is 41.6 Å². The molecular formula is C21H24N4O2S. The normalized spacial score (nSPS) is 16.8. The molecule has 1 fully saturated rings. The first-order valence-electron chi connectivity index (χ1n) is 9.47. The number of hydrogen-bond donors (Lipinski definition) is 1. The fourth-order valence-corrected chi connectivity index (χ4v) is 4.29. The Bertz CT molecular complexity index is 886. The molecule has 6 nitrogen and oxygen atoms in total. The van der Waals surface area contributed by atoms with Gasteiger partial charge in [0, 0.05) is 49.2 Å². The lowest BCUT2D eigenvalue weighted by molar-refractivity contribution is 0.0882. The molecule has 0 saturated carbocycles. The number of nitrogens with one attached hydrogen (secondary N) is 1. The maximum absolute atomic E-state index is 12.6. The second-order valence-corrected chi connectivity index (χ2v) is 8.00. The van der Waals surface area contributed by atoms with Crippen molar-refractivity contribution in [3.8, 4) is 11.3 Å². The van der Waals surface area contributed by atoms with Gasteiger partial charge in [-0.25, -0.2) is 0 Å². The lowest BCUT2D eigenvalue weighted by atomic mass is 10.1. The van der Waals surface area contributed by atoms with Crippen LogP contribution in [0.2, 0.25) is 0 Å². The van der Waals surface area contributed by atoms with Crippen LogP contribution in [0.1, 0.15) is 21.4 Å². The van der Waals surface area contributed by atoms with Gasteiger partial charge in [0.2, 0.25) is 0 Å². The minimum Gasteiger partial charge on any atom is -0.355 e. The minimum absolute atomic E-state index is 0.179. The van der Waals surface area contributed by atoms with Crippen LogP contribution in [0.25, 0.3) is 11.3 Å². The molecule has 1 saturated heterocycles. The van der Waals surface area contributed by atoms with Gasteiger partial charge in [-0.05, 0) is 18.5 Å². The summed E-state index contributed by atoms with van der Waals surface area (Å²) >= 11 is 1.73. The number of nitrogens with zero attached hydrogens (tertiary/aromatic N) is 3. The largest absolute Gasteiger partial charge is 0.355 e. The molecule has 1 amide bonds. The van der Waals surface area contributed by atoms with Crippen molar-refractivity contribution in [1.29, 1.82) is 0 Å².